The molecule has 0 atom stereocenters. The second-order valence-electron chi connectivity index (χ2n) is 6.46. The van der Waals surface area contributed by atoms with E-state index in [1.807, 2.05) is 41.9 Å². The average molecular weight is 380 g/mol. The van der Waals surface area contributed by atoms with Crippen molar-refractivity contribution in [2.45, 2.75) is 19.8 Å². The van der Waals surface area contributed by atoms with Crippen LogP contribution in [-0.4, -0.2) is 33.1 Å². The molecule has 0 unspecified atom stereocenters. The van der Waals surface area contributed by atoms with Crippen LogP contribution in [0.15, 0.2) is 42.9 Å². The molecule has 0 saturated carbocycles. The predicted octanol–water partition coefficient (Wildman–Crippen LogP) is 3.81. The number of aryl methyl sites for hydroxylation is 1. The van der Waals surface area contributed by atoms with Gasteiger partial charge in [0.15, 0.2) is 0 Å². The number of nitrogens with one attached hydrogen (secondary N) is 2. The Balaban J connectivity index is 2.09. The van der Waals surface area contributed by atoms with Gasteiger partial charge in [-0.3, -0.25) is 0 Å². The van der Waals surface area contributed by atoms with Crippen molar-refractivity contribution in [1.29, 1.82) is 10.7 Å². The van der Waals surface area contributed by atoms with Crippen molar-refractivity contribution in [2.75, 3.05) is 6.54 Å². The Morgan fingerprint density at radius 3 is 2.82 bits per heavy atom. The van der Waals surface area contributed by atoms with Crippen LogP contribution >= 0.6 is 0 Å². The zero-order valence-corrected chi connectivity index (χ0v) is 15.4. The van der Waals surface area contributed by atoms with E-state index < -0.39 is 12.5 Å². The molecule has 0 spiro atoms. The van der Waals surface area contributed by atoms with Gasteiger partial charge in [-0.25, -0.2) is 18.7 Å². The lowest BCUT2D eigenvalue weighted by atomic mass is 10.0. The maximum atomic E-state index is 13.1. The molecule has 0 saturated heterocycles. The van der Waals surface area contributed by atoms with Crippen LogP contribution in [0.2, 0.25) is 0 Å². The first-order valence-corrected chi connectivity index (χ1v) is 8.50. The number of halogens is 2. The third-order valence-electron chi connectivity index (χ3n) is 4.00. The molecule has 6 nitrogen and oxygen atoms in total. The highest BCUT2D eigenvalue weighted by molar-refractivity contribution is 6.10. The fourth-order valence-electron chi connectivity index (χ4n) is 2.77. The highest BCUT2D eigenvalue weighted by atomic mass is 19.3. The molecular formula is C20H18F2N6. The number of hydrogen-bond donors (Lipinski definition) is 2. The van der Waals surface area contributed by atoms with Crippen LogP contribution in [0.4, 0.5) is 8.78 Å². The van der Waals surface area contributed by atoms with Crippen molar-refractivity contribution in [3.05, 3.63) is 59.8 Å². The molecule has 0 aliphatic rings. The third kappa shape index (κ3) is 4.20. The van der Waals surface area contributed by atoms with Gasteiger partial charge in [0.05, 0.1) is 17.9 Å². The molecule has 2 N–H and O–H groups in total. The Hall–Kier alpha value is -3.60. The lowest BCUT2D eigenvalue weighted by molar-refractivity contribution is 0.0261. The van der Waals surface area contributed by atoms with E-state index in [4.69, 9.17) is 5.41 Å². The number of aromatic nitrogens is 3. The Morgan fingerprint density at radius 2 is 2.14 bits per heavy atom. The summed E-state index contributed by atoms with van der Waals surface area (Å²) >= 11 is 0. The SMILES string of the molecule is Cc1cn2ccc(-c3nc(C#N)ccc3/C(C=N)=C/NCC(C)(F)F)cc2n1. The maximum absolute atomic E-state index is 13.1. The number of alkyl halides is 2. The standard InChI is InChI=1S/C20H18F2N6/c1-13-11-28-6-5-14(7-18(28)26-13)19-17(4-3-16(9-24)27-19)15(8-23)10-25-12-20(2,21)22/h3-8,10-11,23,25H,12H2,1-2H3/b15-10+,23-8?. The summed E-state index contributed by atoms with van der Waals surface area (Å²) < 4.78 is 28.0. The van der Waals surface area contributed by atoms with Gasteiger partial charge >= 0.3 is 0 Å². The van der Waals surface area contributed by atoms with Crippen molar-refractivity contribution in [3.8, 4) is 17.3 Å². The number of allylic oxidation sites excluding steroid dienone is 1. The lowest BCUT2D eigenvalue weighted by Gasteiger charge is -2.13. The summed E-state index contributed by atoms with van der Waals surface area (Å²) in [7, 11) is 0. The van der Waals surface area contributed by atoms with Gasteiger partial charge in [0.1, 0.15) is 17.4 Å². The van der Waals surface area contributed by atoms with Crippen LogP contribution in [0.25, 0.3) is 22.5 Å². The highest BCUT2D eigenvalue weighted by Crippen LogP contribution is 2.28. The van der Waals surface area contributed by atoms with E-state index in [9.17, 15) is 14.0 Å². The number of rotatable bonds is 6. The van der Waals surface area contributed by atoms with E-state index in [1.165, 1.54) is 12.3 Å². The topological polar surface area (TPSA) is 89.9 Å². The first-order chi connectivity index (χ1) is 13.3. The molecule has 3 heterocycles. The quantitative estimate of drug-likeness (QED) is 0.636. The molecule has 8 heteroatoms. The molecule has 0 aromatic carbocycles. The first kappa shape index (κ1) is 19.2. The summed E-state index contributed by atoms with van der Waals surface area (Å²) in [6.45, 7) is 2.15. The van der Waals surface area contributed by atoms with Gasteiger partial charge in [0, 0.05) is 48.4 Å². The van der Waals surface area contributed by atoms with Gasteiger partial charge in [0.2, 0.25) is 0 Å². The van der Waals surface area contributed by atoms with Crippen LogP contribution in [-0.2, 0) is 0 Å². The zero-order chi connectivity index (χ0) is 20.3. The predicted molar refractivity (Wildman–Crippen MR) is 103 cm³/mol. The molecule has 0 aliphatic heterocycles. The summed E-state index contributed by atoms with van der Waals surface area (Å²) in [4.78, 5) is 8.81. The van der Waals surface area contributed by atoms with Crippen LogP contribution in [0, 0.1) is 23.7 Å². The molecular weight excluding hydrogens is 362 g/mol. The number of nitriles is 1. The normalized spacial score (nSPS) is 12.0. The molecule has 3 aromatic rings. The molecule has 142 valence electrons. The van der Waals surface area contributed by atoms with E-state index in [2.05, 4.69) is 15.3 Å². The molecule has 3 rings (SSSR count). The molecule has 0 bridgehead atoms. The van der Waals surface area contributed by atoms with E-state index >= 15 is 0 Å². The molecule has 0 fully saturated rings. The van der Waals surface area contributed by atoms with Gasteiger partial charge in [-0.05, 0) is 31.2 Å². The molecule has 3 aromatic heterocycles. The van der Waals surface area contributed by atoms with Crippen LogP contribution < -0.4 is 5.32 Å². The summed E-state index contributed by atoms with van der Waals surface area (Å²) in [6, 6.07) is 8.85. The van der Waals surface area contributed by atoms with Crippen LogP contribution in [0.1, 0.15) is 23.9 Å². The number of hydrogen-bond acceptors (Lipinski definition) is 5. The Bertz CT molecular complexity index is 1100. The maximum Gasteiger partial charge on any atom is 0.262 e. The lowest BCUT2D eigenvalue weighted by Crippen LogP contribution is -2.26. The van der Waals surface area contributed by atoms with Crippen molar-refractivity contribution >= 4 is 17.4 Å². The highest BCUT2D eigenvalue weighted by Gasteiger charge is 2.20. The number of nitrogens with zero attached hydrogens (tertiary/aromatic N) is 4. The molecule has 28 heavy (non-hydrogen) atoms. The van der Waals surface area contributed by atoms with E-state index in [0.717, 1.165) is 18.8 Å². The summed E-state index contributed by atoms with van der Waals surface area (Å²) in [5.41, 5.74) is 3.90. The minimum atomic E-state index is -2.88. The van der Waals surface area contributed by atoms with Gasteiger partial charge in [-0.1, -0.05) is 0 Å². The van der Waals surface area contributed by atoms with E-state index in [1.54, 1.807) is 6.07 Å². The third-order valence-corrected chi connectivity index (χ3v) is 4.00. The van der Waals surface area contributed by atoms with Gasteiger partial charge in [-0.15, -0.1) is 0 Å². The minimum Gasteiger partial charge on any atom is -0.384 e. The summed E-state index contributed by atoms with van der Waals surface area (Å²) in [5.74, 6) is -2.88. The minimum absolute atomic E-state index is 0.218. The fourth-order valence-corrected chi connectivity index (χ4v) is 2.77. The Kier molecular flexibility index (Phi) is 5.18. The molecule has 0 aliphatic carbocycles. The largest absolute Gasteiger partial charge is 0.384 e. The Labute approximate surface area is 160 Å². The van der Waals surface area contributed by atoms with Crippen molar-refractivity contribution in [2.24, 2.45) is 0 Å². The average Bonchev–Trinajstić information content (AvgIpc) is 3.03. The number of fused-ring (bicyclic) bond motifs is 1. The fraction of sp³-hybridized carbons (Fsp3) is 0.200. The van der Waals surface area contributed by atoms with Gasteiger partial charge in [-0.2, -0.15) is 5.26 Å². The second kappa shape index (κ2) is 7.56. The van der Waals surface area contributed by atoms with E-state index in [-0.39, 0.29) is 5.69 Å². The Morgan fingerprint density at radius 1 is 1.36 bits per heavy atom. The smallest absolute Gasteiger partial charge is 0.262 e. The van der Waals surface area contributed by atoms with Crippen LogP contribution in [0.5, 0.6) is 0 Å². The number of imidazole rings is 1. The monoisotopic (exact) mass is 380 g/mol. The molecule has 0 radical (unpaired) electrons. The van der Waals surface area contributed by atoms with Gasteiger partial charge in [0.25, 0.3) is 5.92 Å². The van der Waals surface area contributed by atoms with Crippen molar-refractivity contribution < 1.29 is 8.78 Å². The van der Waals surface area contributed by atoms with Crippen LogP contribution in [0.3, 0.4) is 0 Å². The zero-order valence-electron chi connectivity index (χ0n) is 15.4. The summed E-state index contributed by atoms with van der Waals surface area (Å²) in [6.07, 6.45) is 6.14. The van der Waals surface area contributed by atoms with Crippen molar-refractivity contribution in [3.63, 3.8) is 0 Å². The molecule has 0 amide bonds. The summed E-state index contributed by atoms with van der Waals surface area (Å²) in [5, 5.41) is 19.5. The second-order valence-corrected chi connectivity index (χ2v) is 6.46. The van der Waals surface area contributed by atoms with Crippen molar-refractivity contribution in [1.82, 2.24) is 19.7 Å². The van der Waals surface area contributed by atoms with Gasteiger partial charge < -0.3 is 15.1 Å². The van der Waals surface area contributed by atoms with E-state index in [0.29, 0.717) is 28.0 Å². The first-order valence-electron chi connectivity index (χ1n) is 8.50. The number of pyridine rings is 2.